The lowest BCUT2D eigenvalue weighted by Gasteiger charge is -2.06. The standard InChI is InChI=1S/C14H21NO4/c1-17-9-10-18-7-2-8-19-14(16)13-5-3-12(11-15)4-6-13/h3-6H,2,7-11,15H2,1H3. The molecule has 0 atom stereocenters. The first-order chi connectivity index (χ1) is 9.27. The summed E-state index contributed by atoms with van der Waals surface area (Å²) in [5.74, 6) is -0.319. The fraction of sp³-hybridized carbons (Fsp3) is 0.500. The molecule has 1 rings (SSSR count). The molecule has 1 aromatic rings. The molecule has 0 radical (unpaired) electrons. The number of rotatable bonds is 9. The minimum Gasteiger partial charge on any atom is -0.462 e. The number of hydrogen-bond acceptors (Lipinski definition) is 5. The molecule has 19 heavy (non-hydrogen) atoms. The predicted molar refractivity (Wildman–Crippen MR) is 71.9 cm³/mol. The Morgan fingerprint density at radius 1 is 1.11 bits per heavy atom. The van der Waals surface area contributed by atoms with Gasteiger partial charge in [-0.25, -0.2) is 4.79 Å². The highest BCUT2D eigenvalue weighted by Gasteiger charge is 2.06. The molecule has 2 N–H and O–H groups in total. The highest BCUT2D eigenvalue weighted by molar-refractivity contribution is 5.89. The molecule has 0 aliphatic rings. The van der Waals surface area contributed by atoms with Crippen molar-refractivity contribution in [3.63, 3.8) is 0 Å². The van der Waals surface area contributed by atoms with Gasteiger partial charge in [0.1, 0.15) is 0 Å². The van der Waals surface area contributed by atoms with E-state index in [0.29, 0.717) is 45.0 Å². The molecule has 0 aliphatic carbocycles. The molecule has 1 aromatic carbocycles. The van der Waals surface area contributed by atoms with Gasteiger partial charge in [-0.2, -0.15) is 0 Å². The van der Waals surface area contributed by atoms with Crippen LogP contribution in [0.5, 0.6) is 0 Å². The molecule has 0 spiro atoms. The molecule has 0 heterocycles. The molecule has 5 nitrogen and oxygen atoms in total. The van der Waals surface area contributed by atoms with Crippen LogP contribution in [-0.4, -0.2) is 39.5 Å². The topological polar surface area (TPSA) is 70.8 Å². The predicted octanol–water partition coefficient (Wildman–Crippen LogP) is 1.36. The lowest BCUT2D eigenvalue weighted by atomic mass is 10.1. The smallest absolute Gasteiger partial charge is 0.338 e. The summed E-state index contributed by atoms with van der Waals surface area (Å²) in [5.41, 5.74) is 7.01. The summed E-state index contributed by atoms with van der Waals surface area (Å²) in [6.07, 6.45) is 0.677. The molecule has 0 unspecified atom stereocenters. The number of esters is 1. The van der Waals surface area contributed by atoms with E-state index in [2.05, 4.69) is 0 Å². The van der Waals surface area contributed by atoms with Crippen molar-refractivity contribution >= 4 is 5.97 Å². The number of hydrogen-bond donors (Lipinski definition) is 1. The second kappa shape index (κ2) is 9.49. The molecular formula is C14H21NO4. The van der Waals surface area contributed by atoms with E-state index in [1.165, 1.54) is 0 Å². The Balaban J connectivity index is 2.16. The fourth-order valence-corrected chi connectivity index (χ4v) is 1.43. The normalized spacial score (nSPS) is 10.4. The largest absolute Gasteiger partial charge is 0.462 e. The van der Waals surface area contributed by atoms with Crippen molar-refractivity contribution < 1.29 is 19.0 Å². The van der Waals surface area contributed by atoms with Crippen LogP contribution in [0, 0.1) is 0 Å². The molecule has 0 saturated heterocycles. The quantitative estimate of drug-likeness (QED) is 0.540. The van der Waals surface area contributed by atoms with Gasteiger partial charge in [0.05, 0.1) is 25.4 Å². The van der Waals surface area contributed by atoms with Crippen LogP contribution < -0.4 is 5.73 Å². The van der Waals surface area contributed by atoms with Crippen LogP contribution in [0.15, 0.2) is 24.3 Å². The van der Waals surface area contributed by atoms with E-state index in [4.69, 9.17) is 19.9 Å². The molecular weight excluding hydrogens is 246 g/mol. The zero-order valence-corrected chi connectivity index (χ0v) is 11.3. The summed E-state index contributed by atoms with van der Waals surface area (Å²) in [5, 5.41) is 0. The minimum atomic E-state index is -0.319. The number of benzene rings is 1. The van der Waals surface area contributed by atoms with E-state index in [1.54, 1.807) is 19.2 Å². The van der Waals surface area contributed by atoms with Gasteiger partial charge in [-0.05, 0) is 17.7 Å². The van der Waals surface area contributed by atoms with Crippen LogP contribution in [0.25, 0.3) is 0 Å². The molecule has 0 bridgehead atoms. The highest BCUT2D eigenvalue weighted by Crippen LogP contribution is 2.05. The maximum atomic E-state index is 11.7. The molecule has 0 aliphatic heterocycles. The van der Waals surface area contributed by atoms with Gasteiger partial charge in [0.2, 0.25) is 0 Å². The molecule has 0 fully saturated rings. The summed E-state index contributed by atoms with van der Waals surface area (Å²) in [7, 11) is 1.63. The number of methoxy groups -OCH3 is 1. The summed E-state index contributed by atoms with van der Waals surface area (Å²) in [6, 6.07) is 7.09. The highest BCUT2D eigenvalue weighted by atomic mass is 16.5. The Bertz CT molecular complexity index is 364. The second-order valence-corrected chi connectivity index (χ2v) is 4.00. The maximum absolute atomic E-state index is 11.7. The lowest BCUT2D eigenvalue weighted by Crippen LogP contribution is -2.10. The van der Waals surface area contributed by atoms with E-state index < -0.39 is 0 Å². The van der Waals surface area contributed by atoms with Gasteiger partial charge in [-0.1, -0.05) is 12.1 Å². The van der Waals surface area contributed by atoms with Crippen molar-refractivity contribution in [2.75, 3.05) is 33.5 Å². The number of ether oxygens (including phenoxy) is 3. The van der Waals surface area contributed by atoms with Crippen LogP contribution in [0.3, 0.4) is 0 Å². The van der Waals surface area contributed by atoms with Gasteiger partial charge >= 0.3 is 5.97 Å². The number of carbonyl (C=O) groups is 1. The summed E-state index contributed by atoms with van der Waals surface area (Å²) in [4.78, 5) is 11.7. The number of carbonyl (C=O) groups excluding carboxylic acids is 1. The van der Waals surface area contributed by atoms with E-state index in [-0.39, 0.29) is 5.97 Å². The van der Waals surface area contributed by atoms with Gasteiger partial charge in [0.15, 0.2) is 0 Å². The van der Waals surface area contributed by atoms with Crippen LogP contribution in [0.4, 0.5) is 0 Å². The van der Waals surface area contributed by atoms with Crippen molar-refractivity contribution in [1.82, 2.24) is 0 Å². The third-order valence-electron chi connectivity index (χ3n) is 2.52. The lowest BCUT2D eigenvalue weighted by molar-refractivity contribution is 0.0385. The Kier molecular flexibility index (Phi) is 7.81. The fourth-order valence-electron chi connectivity index (χ4n) is 1.43. The van der Waals surface area contributed by atoms with Crippen LogP contribution in [0.2, 0.25) is 0 Å². The van der Waals surface area contributed by atoms with Crippen LogP contribution in [0.1, 0.15) is 22.3 Å². The average Bonchev–Trinajstić information content (AvgIpc) is 2.46. The van der Waals surface area contributed by atoms with Crippen molar-refractivity contribution in [2.45, 2.75) is 13.0 Å². The van der Waals surface area contributed by atoms with Crippen molar-refractivity contribution in [3.05, 3.63) is 35.4 Å². The second-order valence-electron chi connectivity index (χ2n) is 4.00. The van der Waals surface area contributed by atoms with Gasteiger partial charge in [0, 0.05) is 26.7 Å². The maximum Gasteiger partial charge on any atom is 0.338 e. The zero-order chi connectivity index (χ0) is 13.9. The number of nitrogens with two attached hydrogens (primary N) is 1. The van der Waals surface area contributed by atoms with Crippen molar-refractivity contribution in [1.29, 1.82) is 0 Å². The summed E-state index contributed by atoms with van der Waals surface area (Å²) in [6.45, 7) is 2.51. The SMILES string of the molecule is COCCOCCCOC(=O)c1ccc(CN)cc1. The van der Waals surface area contributed by atoms with Gasteiger partial charge < -0.3 is 19.9 Å². The molecule has 0 amide bonds. The van der Waals surface area contributed by atoms with Crippen molar-refractivity contribution in [3.8, 4) is 0 Å². The summed E-state index contributed by atoms with van der Waals surface area (Å²) >= 11 is 0. The van der Waals surface area contributed by atoms with E-state index >= 15 is 0 Å². The van der Waals surface area contributed by atoms with E-state index in [1.807, 2.05) is 12.1 Å². The minimum absolute atomic E-state index is 0.319. The summed E-state index contributed by atoms with van der Waals surface area (Å²) < 4.78 is 15.2. The van der Waals surface area contributed by atoms with Gasteiger partial charge in [-0.3, -0.25) is 0 Å². The molecule has 0 aromatic heterocycles. The molecule has 106 valence electrons. The first-order valence-corrected chi connectivity index (χ1v) is 6.30. The van der Waals surface area contributed by atoms with Crippen LogP contribution >= 0.6 is 0 Å². The van der Waals surface area contributed by atoms with Gasteiger partial charge in [-0.15, -0.1) is 0 Å². The van der Waals surface area contributed by atoms with E-state index in [0.717, 1.165) is 5.56 Å². The van der Waals surface area contributed by atoms with E-state index in [9.17, 15) is 4.79 Å². The average molecular weight is 267 g/mol. The molecule has 5 heteroatoms. The Hall–Kier alpha value is -1.43. The van der Waals surface area contributed by atoms with Crippen molar-refractivity contribution in [2.24, 2.45) is 5.73 Å². The first kappa shape index (κ1) is 15.6. The zero-order valence-electron chi connectivity index (χ0n) is 11.3. The Labute approximate surface area is 113 Å². The Morgan fingerprint density at radius 3 is 2.47 bits per heavy atom. The monoisotopic (exact) mass is 267 g/mol. The Morgan fingerprint density at radius 2 is 1.84 bits per heavy atom. The van der Waals surface area contributed by atoms with Gasteiger partial charge in [0.25, 0.3) is 0 Å². The third kappa shape index (κ3) is 6.33. The van der Waals surface area contributed by atoms with Crippen LogP contribution in [-0.2, 0) is 20.8 Å². The first-order valence-electron chi connectivity index (χ1n) is 6.30. The third-order valence-corrected chi connectivity index (χ3v) is 2.52. The molecule has 0 saturated carbocycles.